The van der Waals surface area contributed by atoms with Crippen molar-refractivity contribution in [2.45, 2.75) is 25.0 Å². The Kier molecular flexibility index (Phi) is 4.50. The minimum absolute atomic E-state index is 0.446. The summed E-state index contributed by atoms with van der Waals surface area (Å²) in [6.45, 7) is 2.15. The predicted molar refractivity (Wildman–Crippen MR) is 114 cm³/mol. The van der Waals surface area contributed by atoms with Gasteiger partial charge in [0.2, 0.25) is 0 Å². The van der Waals surface area contributed by atoms with Crippen molar-refractivity contribution in [2.24, 2.45) is 0 Å². The molecule has 0 saturated carbocycles. The lowest BCUT2D eigenvalue weighted by atomic mass is 9.91. The van der Waals surface area contributed by atoms with Gasteiger partial charge in [0, 0.05) is 0 Å². The zero-order valence-corrected chi connectivity index (χ0v) is 15.3. The molecule has 0 radical (unpaired) electrons. The van der Waals surface area contributed by atoms with Gasteiger partial charge in [-0.25, -0.2) is 0 Å². The quantitative estimate of drug-likeness (QED) is 0.302. The summed E-state index contributed by atoms with van der Waals surface area (Å²) < 4.78 is 0. The molecule has 0 saturated heterocycles. The maximum absolute atomic E-state index is 4.49. The second-order valence-corrected chi connectivity index (χ2v) is 7.66. The molecule has 4 aromatic carbocycles. The molecule has 0 spiro atoms. The van der Waals surface area contributed by atoms with Crippen molar-refractivity contribution >= 4 is 34.2 Å². The lowest BCUT2D eigenvalue weighted by Gasteiger charge is -2.13. The van der Waals surface area contributed by atoms with E-state index in [1.165, 1.54) is 38.2 Å². The minimum atomic E-state index is 0.446. The summed E-state index contributed by atoms with van der Waals surface area (Å²) in [6.07, 6.45) is 2.20. The second kappa shape index (κ2) is 6.93. The van der Waals surface area contributed by atoms with Crippen LogP contribution in [-0.4, -0.2) is 5.25 Å². The first kappa shape index (κ1) is 16.2. The third-order valence-corrected chi connectivity index (χ3v) is 5.12. The van der Waals surface area contributed by atoms with E-state index in [1.54, 1.807) is 0 Å². The van der Waals surface area contributed by atoms with Gasteiger partial charge in [-0.15, -0.1) is 0 Å². The van der Waals surface area contributed by atoms with Crippen molar-refractivity contribution in [2.75, 3.05) is 0 Å². The average Bonchev–Trinajstić information content (AvgIpc) is 2.65. The van der Waals surface area contributed by atoms with Gasteiger partial charge >= 0.3 is 0 Å². The fourth-order valence-corrected chi connectivity index (χ4v) is 3.67. The van der Waals surface area contributed by atoms with Crippen LogP contribution in [0.4, 0.5) is 0 Å². The largest absolute Gasteiger partial charge is 0.176 e. The minimum Gasteiger partial charge on any atom is -0.176 e. The highest BCUT2D eigenvalue weighted by molar-refractivity contribution is 7.80. The van der Waals surface area contributed by atoms with E-state index < -0.39 is 0 Å². The van der Waals surface area contributed by atoms with Crippen molar-refractivity contribution in [1.82, 2.24) is 0 Å². The molecule has 0 N–H and O–H groups in total. The first-order chi connectivity index (χ1) is 12.2. The van der Waals surface area contributed by atoms with Gasteiger partial charge in [-0.1, -0.05) is 79.7 Å². The van der Waals surface area contributed by atoms with Gasteiger partial charge in [-0.2, -0.15) is 12.6 Å². The molecule has 0 amide bonds. The number of thiol groups is 1. The normalized spacial score (nSPS) is 12.6. The molecule has 1 unspecified atom stereocenters. The van der Waals surface area contributed by atoms with Gasteiger partial charge in [0.15, 0.2) is 0 Å². The van der Waals surface area contributed by atoms with E-state index in [0.717, 1.165) is 12.8 Å². The van der Waals surface area contributed by atoms with E-state index in [2.05, 4.69) is 98.4 Å². The van der Waals surface area contributed by atoms with Crippen molar-refractivity contribution in [1.29, 1.82) is 0 Å². The summed E-state index contributed by atoms with van der Waals surface area (Å²) in [5.41, 5.74) is 4.01. The van der Waals surface area contributed by atoms with Gasteiger partial charge in [0.1, 0.15) is 0 Å². The molecule has 124 valence electrons. The summed E-state index contributed by atoms with van der Waals surface area (Å²) in [6, 6.07) is 28.7. The molecule has 0 aromatic heterocycles. The fraction of sp³-hybridized carbons (Fsp3) is 0.167. The zero-order valence-electron chi connectivity index (χ0n) is 14.4. The van der Waals surface area contributed by atoms with Crippen molar-refractivity contribution in [3.63, 3.8) is 0 Å². The van der Waals surface area contributed by atoms with Crippen LogP contribution < -0.4 is 0 Å². The number of benzene rings is 4. The van der Waals surface area contributed by atoms with E-state index >= 15 is 0 Å². The van der Waals surface area contributed by atoms with Crippen molar-refractivity contribution < 1.29 is 0 Å². The lowest BCUT2D eigenvalue weighted by molar-refractivity contribution is 0.816. The van der Waals surface area contributed by atoms with E-state index in [-0.39, 0.29) is 0 Å². The van der Waals surface area contributed by atoms with E-state index in [0.29, 0.717) is 5.25 Å². The maximum Gasteiger partial charge on any atom is -0.000843 e. The van der Waals surface area contributed by atoms with Crippen LogP contribution in [0.5, 0.6) is 0 Å². The molecule has 1 heteroatoms. The molecule has 25 heavy (non-hydrogen) atoms. The van der Waals surface area contributed by atoms with E-state index in [4.69, 9.17) is 0 Å². The smallest absolute Gasteiger partial charge is 0.000843 e. The van der Waals surface area contributed by atoms with Crippen LogP contribution in [0.1, 0.15) is 18.9 Å². The second-order valence-electron chi connectivity index (χ2n) is 6.78. The van der Waals surface area contributed by atoms with Gasteiger partial charge in [-0.05, 0) is 62.4 Å². The van der Waals surface area contributed by atoms with E-state index in [9.17, 15) is 0 Å². The van der Waals surface area contributed by atoms with Crippen LogP contribution in [0.25, 0.3) is 32.7 Å². The highest BCUT2D eigenvalue weighted by Crippen LogP contribution is 2.36. The summed E-state index contributed by atoms with van der Waals surface area (Å²) in [4.78, 5) is 0. The van der Waals surface area contributed by atoms with Gasteiger partial charge in [0.05, 0.1) is 0 Å². The Morgan fingerprint density at radius 2 is 1.32 bits per heavy atom. The van der Waals surface area contributed by atoms with Crippen LogP contribution in [0.3, 0.4) is 0 Å². The Hall–Kier alpha value is -2.25. The van der Waals surface area contributed by atoms with Crippen LogP contribution in [-0.2, 0) is 6.42 Å². The Bertz CT molecular complexity index is 959. The summed E-state index contributed by atoms with van der Waals surface area (Å²) in [5, 5.41) is 5.67. The highest BCUT2D eigenvalue weighted by atomic mass is 32.1. The fourth-order valence-electron chi connectivity index (χ4n) is 3.54. The van der Waals surface area contributed by atoms with Crippen LogP contribution in [0.15, 0.2) is 78.9 Å². The third-order valence-electron chi connectivity index (χ3n) is 4.86. The van der Waals surface area contributed by atoms with Crippen LogP contribution in [0.2, 0.25) is 0 Å². The van der Waals surface area contributed by atoms with Crippen LogP contribution in [0, 0.1) is 0 Å². The molecule has 0 bridgehead atoms. The molecule has 1 atom stereocenters. The summed E-state index contributed by atoms with van der Waals surface area (Å²) in [5.74, 6) is 0. The van der Waals surface area contributed by atoms with Crippen molar-refractivity contribution in [3.05, 3.63) is 84.4 Å². The SMILES string of the molecule is CC(S)CCc1ccc(-c2c3ccccc3cc3ccccc23)cc1. The Balaban J connectivity index is 1.86. The molecule has 4 aromatic rings. The molecule has 4 rings (SSSR count). The Morgan fingerprint density at radius 1 is 0.760 bits per heavy atom. The predicted octanol–water partition coefficient (Wildman–Crippen LogP) is 6.91. The third kappa shape index (κ3) is 3.29. The first-order valence-electron chi connectivity index (χ1n) is 8.90. The standard InChI is InChI=1S/C24H22S/c1-17(25)10-11-18-12-14-19(15-13-18)24-22-8-4-2-6-20(22)16-21-7-3-5-9-23(21)24/h2-9,12-17,25H,10-11H2,1H3. The van der Waals surface area contributed by atoms with E-state index in [1.807, 2.05) is 0 Å². The average molecular weight is 343 g/mol. The monoisotopic (exact) mass is 342 g/mol. The molecule has 0 aliphatic carbocycles. The van der Waals surface area contributed by atoms with Crippen molar-refractivity contribution in [3.8, 4) is 11.1 Å². The molecule has 0 fully saturated rings. The molecule has 0 aliphatic rings. The molecular weight excluding hydrogens is 320 g/mol. The van der Waals surface area contributed by atoms with Gasteiger partial charge < -0.3 is 0 Å². The van der Waals surface area contributed by atoms with Gasteiger partial charge in [-0.3, -0.25) is 0 Å². The Labute approximate surface area is 154 Å². The zero-order chi connectivity index (χ0) is 17.2. The number of hydrogen-bond donors (Lipinski definition) is 1. The number of fused-ring (bicyclic) bond motifs is 2. The maximum atomic E-state index is 4.49. The Morgan fingerprint density at radius 3 is 1.88 bits per heavy atom. The van der Waals surface area contributed by atoms with Gasteiger partial charge in [0.25, 0.3) is 0 Å². The topological polar surface area (TPSA) is 0 Å². The lowest BCUT2D eigenvalue weighted by Crippen LogP contribution is -1.94. The summed E-state index contributed by atoms with van der Waals surface area (Å²) in [7, 11) is 0. The molecular formula is C24H22S. The highest BCUT2D eigenvalue weighted by Gasteiger charge is 2.09. The van der Waals surface area contributed by atoms with Crippen LogP contribution >= 0.6 is 12.6 Å². The number of hydrogen-bond acceptors (Lipinski definition) is 1. The summed E-state index contributed by atoms with van der Waals surface area (Å²) >= 11 is 4.49. The molecule has 0 nitrogen and oxygen atoms in total. The molecule has 0 heterocycles. The number of rotatable bonds is 4. The first-order valence-corrected chi connectivity index (χ1v) is 9.42. The molecule has 0 aliphatic heterocycles. The number of aryl methyl sites for hydroxylation is 1.